The van der Waals surface area contributed by atoms with Gasteiger partial charge in [-0.15, -0.1) is 0 Å². The van der Waals surface area contributed by atoms with E-state index in [4.69, 9.17) is 11.5 Å². The van der Waals surface area contributed by atoms with Crippen molar-refractivity contribution in [2.24, 2.45) is 0 Å². The van der Waals surface area contributed by atoms with E-state index in [-0.39, 0.29) is 17.3 Å². The van der Waals surface area contributed by atoms with E-state index in [1.807, 2.05) is 0 Å². The van der Waals surface area contributed by atoms with Gasteiger partial charge in [0.15, 0.2) is 11.6 Å². The average Bonchev–Trinajstić information content (AvgIpc) is 2.21. The number of hydrogen-bond donors (Lipinski definition) is 4. The Bertz CT molecular complexity index is 336. The molecule has 1 aromatic heterocycles. The van der Waals surface area contributed by atoms with Crippen molar-refractivity contribution < 1.29 is 10.2 Å². The number of hydrogen-bond acceptors (Lipinski definition) is 6. The Morgan fingerprint density at radius 3 is 2.53 bits per heavy atom. The van der Waals surface area contributed by atoms with E-state index in [1.54, 1.807) is 0 Å². The standard InChI is InChI=1S/C8H13BrN4O2/c9-2-1-5(14)6(15)4-3-12-7(10)8(11)13-4/h3,5-6,14-15H,1-2H2,(H2,10,12)(H2,11,13). The molecule has 7 heteroatoms. The summed E-state index contributed by atoms with van der Waals surface area (Å²) in [4.78, 5) is 7.59. The molecule has 0 saturated carbocycles. The van der Waals surface area contributed by atoms with Gasteiger partial charge in [0.1, 0.15) is 6.10 Å². The minimum atomic E-state index is -1.10. The predicted molar refractivity (Wildman–Crippen MR) is 60.2 cm³/mol. The molecule has 0 radical (unpaired) electrons. The molecular weight excluding hydrogens is 264 g/mol. The minimum Gasteiger partial charge on any atom is -0.390 e. The lowest BCUT2D eigenvalue weighted by molar-refractivity contribution is 0.0147. The normalized spacial score (nSPS) is 14.9. The molecule has 0 aromatic carbocycles. The maximum absolute atomic E-state index is 9.67. The fourth-order valence-electron chi connectivity index (χ4n) is 1.04. The van der Waals surface area contributed by atoms with E-state index in [2.05, 4.69) is 25.9 Å². The highest BCUT2D eigenvalue weighted by atomic mass is 79.9. The fraction of sp³-hybridized carbons (Fsp3) is 0.500. The predicted octanol–water partition coefficient (Wildman–Crippen LogP) is -0.180. The molecular formula is C8H13BrN4O2. The van der Waals surface area contributed by atoms with Crippen molar-refractivity contribution in [2.45, 2.75) is 18.6 Å². The van der Waals surface area contributed by atoms with Gasteiger partial charge in [-0.25, -0.2) is 9.97 Å². The highest BCUT2D eigenvalue weighted by Crippen LogP contribution is 2.19. The Morgan fingerprint density at radius 1 is 1.33 bits per heavy atom. The zero-order valence-electron chi connectivity index (χ0n) is 7.97. The van der Waals surface area contributed by atoms with Crippen molar-refractivity contribution in [3.63, 3.8) is 0 Å². The molecule has 2 unspecified atom stereocenters. The first-order chi connectivity index (χ1) is 7.06. The van der Waals surface area contributed by atoms with Gasteiger partial charge in [0.2, 0.25) is 0 Å². The van der Waals surface area contributed by atoms with Gasteiger partial charge in [-0.3, -0.25) is 0 Å². The Hall–Kier alpha value is -0.920. The molecule has 6 N–H and O–H groups in total. The maximum atomic E-state index is 9.67. The summed E-state index contributed by atoms with van der Waals surface area (Å²) in [5.41, 5.74) is 11.0. The lowest BCUT2D eigenvalue weighted by atomic mass is 10.1. The second kappa shape index (κ2) is 5.24. The second-order valence-corrected chi connectivity index (χ2v) is 3.85. The molecule has 2 atom stereocenters. The molecule has 0 saturated heterocycles. The van der Waals surface area contributed by atoms with E-state index in [9.17, 15) is 10.2 Å². The summed E-state index contributed by atoms with van der Waals surface area (Å²) >= 11 is 3.17. The van der Waals surface area contributed by atoms with Crippen molar-refractivity contribution in [1.82, 2.24) is 9.97 Å². The third-order valence-electron chi connectivity index (χ3n) is 1.92. The van der Waals surface area contributed by atoms with Gasteiger partial charge >= 0.3 is 0 Å². The molecule has 0 aliphatic rings. The quantitative estimate of drug-likeness (QED) is 0.567. The summed E-state index contributed by atoms with van der Waals surface area (Å²) in [5, 5.41) is 19.8. The SMILES string of the molecule is Nc1ncc(C(O)C(O)CCBr)nc1N. The van der Waals surface area contributed by atoms with Gasteiger partial charge in [-0.2, -0.15) is 0 Å². The smallest absolute Gasteiger partial charge is 0.166 e. The van der Waals surface area contributed by atoms with Crippen LogP contribution in [0.1, 0.15) is 18.2 Å². The molecule has 0 spiro atoms. The number of rotatable bonds is 4. The molecule has 6 nitrogen and oxygen atoms in total. The molecule has 0 amide bonds. The lowest BCUT2D eigenvalue weighted by Gasteiger charge is -2.16. The summed E-state index contributed by atoms with van der Waals surface area (Å²) in [5.74, 6) is 0.165. The molecule has 15 heavy (non-hydrogen) atoms. The first kappa shape index (κ1) is 12.2. The number of nitrogens with two attached hydrogens (primary N) is 2. The van der Waals surface area contributed by atoms with Gasteiger partial charge in [0, 0.05) is 5.33 Å². The van der Waals surface area contributed by atoms with Crippen LogP contribution < -0.4 is 11.5 Å². The first-order valence-corrected chi connectivity index (χ1v) is 5.48. The number of alkyl halides is 1. The van der Waals surface area contributed by atoms with Crippen LogP contribution in [0.15, 0.2) is 6.20 Å². The van der Waals surface area contributed by atoms with E-state index in [0.29, 0.717) is 11.8 Å². The van der Waals surface area contributed by atoms with Gasteiger partial charge in [-0.05, 0) is 6.42 Å². The van der Waals surface area contributed by atoms with Gasteiger partial charge in [0.05, 0.1) is 18.0 Å². The van der Waals surface area contributed by atoms with Gasteiger partial charge < -0.3 is 21.7 Å². The van der Waals surface area contributed by atoms with Gasteiger partial charge in [-0.1, -0.05) is 15.9 Å². The molecule has 1 rings (SSSR count). The topological polar surface area (TPSA) is 118 Å². The van der Waals surface area contributed by atoms with Crippen LogP contribution in [0.5, 0.6) is 0 Å². The zero-order chi connectivity index (χ0) is 11.4. The van der Waals surface area contributed by atoms with Crippen molar-refractivity contribution >= 4 is 27.6 Å². The lowest BCUT2D eigenvalue weighted by Crippen LogP contribution is -2.20. The Morgan fingerprint density at radius 2 is 2.00 bits per heavy atom. The van der Waals surface area contributed by atoms with Crippen LogP contribution in [-0.2, 0) is 0 Å². The van der Waals surface area contributed by atoms with E-state index < -0.39 is 12.2 Å². The van der Waals surface area contributed by atoms with Gasteiger partial charge in [0.25, 0.3) is 0 Å². The van der Waals surface area contributed by atoms with E-state index >= 15 is 0 Å². The largest absolute Gasteiger partial charge is 0.390 e. The van der Waals surface area contributed by atoms with Crippen LogP contribution in [0.3, 0.4) is 0 Å². The van der Waals surface area contributed by atoms with E-state index in [0.717, 1.165) is 0 Å². The van der Waals surface area contributed by atoms with E-state index in [1.165, 1.54) is 6.20 Å². The molecule has 0 fully saturated rings. The Balaban J connectivity index is 2.81. The number of aliphatic hydroxyl groups excluding tert-OH is 2. The minimum absolute atomic E-state index is 0.0533. The second-order valence-electron chi connectivity index (χ2n) is 3.06. The highest BCUT2D eigenvalue weighted by molar-refractivity contribution is 9.09. The van der Waals surface area contributed by atoms with Crippen molar-refractivity contribution in [3.8, 4) is 0 Å². The van der Waals surface area contributed by atoms with Crippen LogP contribution in [-0.4, -0.2) is 31.6 Å². The summed E-state index contributed by atoms with van der Waals surface area (Å²) in [6.45, 7) is 0. The number of anilines is 2. The Labute approximate surface area is 95.5 Å². The summed E-state index contributed by atoms with van der Waals surface area (Å²) in [7, 11) is 0. The number of aromatic nitrogens is 2. The molecule has 0 aliphatic heterocycles. The molecule has 1 heterocycles. The van der Waals surface area contributed by atoms with Crippen molar-refractivity contribution in [3.05, 3.63) is 11.9 Å². The number of aliphatic hydroxyl groups is 2. The molecule has 0 aliphatic carbocycles. The molecule has 84 valence electrons. The van der Waals surface area contributed by atoms with Crippen LogP contribution in [0.4, 0.5) is 11.6 Å². The van der Waals surface area contributed by atoms with Crippen molar-refractivity contribution in [2.75, 3.05) is 16.8 Å². The fourth-order valence-corrected chi connectivity index (χ4v) is 1.51. The third kappa shape index (κ3) is 3.01. The molecule has 0 bridgehead atoms. The van der Waals surface area contributed by atoms with Crippen LogP contribution >= 0.6 is 15.9 Å². The van der Waals surface area contributed by atoms with Crippen LogP contribution in [0.25, 0.3) is 0 Å². The Kier molecular flexibility index (Phi) is 4.25. The monoisotopic (exact) mass is 276 g/mol. The highest BCUT2D eigenvalue weighted by Gasteiger charge is 2.20. The third-order valence-corrected chi connectivity index (χ3v) is 2.38. The first-order valence-electron chi connectivity index (χ1n) is 4.36. The maximum Gasteiger partial charge on any atom is 0.166 e. The number of nitrogen functional groups attached to an aromatic ring is 2. The van der Waals surface area contributed by atoms with Crippen LogP contribution in [0, 0.1) is 0 Å². The average molecular weight is 277 g/mol. The van der Waals surface area contributed by atoms with Crippen molar-refractivity contribution in [1.29, 1.82) is 0 Å². The summed E-state index contributed by atoms with van der Waals surface area (Å²) in [6.07, 6.45) is -0.291. The summed E-state index contributed by atoms with van der Waals surface area (Å²) in [6, 6.07) is 0. The number of nitrogens with zero attached hydrogens (tertiary/aromatic N) is 2. The van der Waals surface area contributed by atoms with Crippen LogP contribution in [0.2, 0.25) is 0 Å². The molecule has 1 aromatic rings. The zero-order valence-corrected chi connectivity index (χ0v) is 9.55. The number of halogens is 1. The summed E-state index contributed by atoms with van der Waals surface area (Å²) < 4.78 is 0.